The lowest BCUT2D eigenvalue weighted by atomic mass is 9.77. The van der Waals surface area contributed by atoms with E-state index in [0.29, 0.717) is 17.4 Å². The van der Waals surface area contributed by atoms with E-state index in [9.17, 15) is 0 Å². The Morgan fingerprint density at radius 3 is 1.81 bits per heavy atom. The molecule has 0 aliphatic heterocycles. The third-order valence-electron chi connectivity index (χ3n) is 4.95. The SMILES string of the molecule is Cl.N[C@@H](c1ccc(Oc2ccccc2)c(Oc2ccccc2)c1)C1CCC1. The highest BCUT2D eigenvalue weighted by Crippen LogP contribution is 2.41. The number of hydrogen-bond acceptors (Lipinski definition) is 3. The van der Waals surface area contributed by atoms with Crippen LogP contribution in [0, 0.1) is 5.92 Å². The van der Waals surface area contributed by atoms with Gasteiger partial charge in [0, 0.05) is 6.04 Å². The lowest BCUT2D eigenvalue weighted by Gasteiger charge is -2.31. The summed E-state index contributed by atoms with van der Waals surface area (Å²) < 4.78 is 12.2. The smallest absolute Gasteiger partial charge is 0.170 e. The van der Waals surface area contributed by atoms with E-state index in [4.69, 9.17) is 15.2 Å². The lowest BCUT2D eigenvalue weighted by Crippen LogP contribution is -2.26. The van der Waals surface area contributed by atoms with Gasteiger partial charge in [-0.3, -0.25) is 0 Å². The topological polar surface area (TPSA) is 44.5 Å². The largest absolute Gasteiger partial charge is 0.453 e. The van der Waals surface area contributed by atoms with Gasteiger partial charge in [-0.1, -0.05) is 48.9 Å². The van der Waals surface area contributed by atoms with Crippen molar-refractivity contribution >= 4 is 12.4 Å². The Labute approximate surface area is 166 Å². The zero-order valence-electron chi connectivity index (χ0n) is 15.1. The highest BCUT2D eigenvalue weighted by Gasteiger charge is 2.26. The molecule has 1 aliphatic rings. The van der Waals surface area contributed by atoms with Crippen LogP contribution in [0.5, 0.6) is 23.0 Å². The average Bonchev–Trinajstić information content (AvgIpc) is 2.63. The molecule has 0 radical (unpaired) electrons. The van der Waals surface area contributed by atoms with Crippen molar-refractivity contribution in [1.82, 2.24) is 0 Å². The maximum Gasteiger partial charge on any atom is 0.170 e. The molecule has 140 valence electrons. The summed E-state index contributed by atoms with van der Waals surface area (Å²) >= 11 is 0. The van der Waals surface area contributed by atoms with E-state index >= 15 is 0 Å². The van der Waals surface area contributed by atoms with Gasteiger partial charge in [0.25, 0.3) is 0 Å². The van der Waals surface area contributed by atoms with Crippen molar-refractivity contribution < 1.29 is 9.47 Å². The van der Waals surface area contributed by atoms with Crippen LogP contribution in [0.25, 0.3) is 0 Å². The van der Waals surface area contributed by atoms with Crippen molar-refractivity contribution in [3.8, 4) is 23.0 Å². The molecule has 0 aromatic heterocycles. The molecule has 3 nitrogen and oxygen atoms in total. The minimum Gasteiger partial charge on any atom is -0.453 e. The first-order chi connectivity index (χ1) is 12.8. The average molecular weight is 382 g/mol. The van der Waals surface area contributed by atoms with Crippen LogP contribution in [0.2, 0.25) is 0 Å². The fraction of sp³-hybridized carbons (Fsp3) is 0.217. The summed E-state index contributed by atoms with van der Waals surface area (Å²) in [7, 11) is 0. The number of rotatable bonds is 6. The molecular formula is C23H24ClNO2. The first kappa shape index (κ1) is 19.3. The van der Waals surface area contributed by atoms with Gasteiger partial charge in [-0.15, -0.1) is 12.4 Å². The van der Waals surface area contributed by atoms with Crippen molar-refractivity contribution in [1.29, 1.82) is 0 Å². The van der Waals surface area contributed by atoms with Crippen molar-refractivity contribution in [2.24, 2.45) is 11.7 Å². The van der Waals surface area contributed by atoms with Gasteiger partial charge in [-0.25, -0.2) is 0 Å². The standard InChI is InChI=1S/C23H23NO2.ClH/c24-23(17-8-7-9-17)18-14-15-21(25-19-10-3-1-4-11-19)22(16-18)26-20-12-5-2-6-13-20;/h1-6,10-17,23H,7-9,24H2;1H/t23-;/m1./s1. The highest BCUT2D eigenvalue weighted by atomic mass is 35.5. The number of hydrogen-bond donors (Lipinski definition) is 1. The van der Waals surface area contributed by atoms with Crippen LogP contribution in [0.1, 0.15) is 30.9 Å². The molecule has 1 fully saturated rings. The monoisotopic (exact) mass is 381 g/mol. The molecule has 3 aromatic carbocycles. The Morgan fingerprint density at radius 2 is 1.30 bits per heavy atom. The molecule has 0 heterocycles. The van der Waals surface area contributed by atoms with Crippen LogP contribution in [-0.4, -0.2) is 0 Å². The number of halogens is 1. The minimum absolute atomic E-state index is 0. The van der Waals surface area contributed by atoms with E-state index in [2.05, 4.69) is 6.07 Å². The molecule has 0 amide bonds. The predicted octanol–water partition coefficient (Wildman–Crippen LogP) is 6.49. The second kappa shape index (κ2) is 8.94. The van der Waals surface area contributed by atoms with Crippen LogP contribution in [0.15, 0.2) is 78.9 Å². The molecule has 0 spiro atoms. The van der Waals surface area contributed by atoms with Crippen molar-refractivity contribution in [2.45, 2.75) is 25.3 Å². The van der Waals surface area contributed by atoms with E-state index in [1.54, 1.807) is 0 Å². The summed E-state index contributed by atoms with van der Waals surface area (Å²) in [5.74, 6) is 3.50. The van der Waals surface area contributed by atoms with Gasteiger partial charge in [0.05, 0.1) is 0 Å². The van der Waals surface area contributed by atoms with E-state index in [-0.39, 0.29) is 18.4 Å². The number of para-hydroxylation sites is 2. The fourth-order valence-electron chi connectivity index (χ4n) is 3.20. The third-order valence-corrected chi connectivity index (χ3v) is 4.95. The molecule has 2 N–H and O–H groups in total. The zero-order chi connectivity index (χ0) is 17.8. The molecule has 1 saturated carbocycles. The van der Waals surface area contributed by atoms with Crippen LogP contribution in [0.3, 0.4) is 0 Å². The maximum absolute atomic E-state index is 6.47. The van der Waals surface area contributed by atoms with E-state index in [1.165, 1.54) is 19.3 Å². The van der Waals surface area contributed by atoms with E-state index in [0.717, 1.165) is 17.1 Å². The van der Waals surface area contributed by atoms with E-state index < -0.39 is 0 Å². The van der Waals surface area contributed by atoms with Crippen LogP contribution in [-0.2, 0) is 0 Å². The van der Waals surface area contributed by atoms with Gasteiger partial charge in [-0.2, -0.15) is 0 Å². The Balaban J connectivity index is 0.00000210. The summed E-state index contributed by atoms with van der Waals surface area (Å²) in [6, 6.07) is 25.6. The molecule has 0 unspecified atom stereocenters. The summed E-state index contributed by atoms with van der Waals surface area (Å²) in [5, 5.41) is 0. The normalized spacial score (nSPS) is 14.6. The molecule has 1 atom stereocenters. The fourth-order valence-corrected chi connectivity index (χ4v) is 3.20. The highest BCUT2D eigenvalue weighted by molar-refractivity contribution is 5.85. The quantitative estimate of drug-likeness (QED) is 0.530. The van der Waals surface area contributed by atoms with Gasteiger partial charge < -0.3 is 15.2 Å². The summed E-state index contributed by atoms with van der Waals surface area (Å²) in [6.07, 6.45) is 3.69. The summed E-state index contributed by atoms with van der Waals surface area (Å²) in [5.41, 5.74) is 7.57. The maximum atomic E-state index is 6.47. The Bertz CT molecular complexity index is 851. The van der Waals surface area contributed by atoms with Gasteiger partial charge in [0.2, 0.25) is 0 Å². The van der Waals surface area contributed by atoms with Gasteiger partial charge >= 0.3 is 0 Å². The van der Waals surface area contributed by atoms with Crippen molar-refractivity contribution in [3.05, 3.63) is 84.4 Å². The molecule has 4 heteroatoms. The Kier molecular flexibility index (Phi) is 6.38. The second-order valence-electron chi connectivity index (χ2n) is 6.75. The second-order valence-corrected chi connectivity index (χ2v) is 6.75. The Morgan fingerprint density at radius 1 is 0.741 bits per heavy atom. The molecule has 3 aromatic rings. The minimum atomic E-state index is 0. The Hall–Kier alpha value is -2.49. The number of nitrogens with two attached hydrogens (primary N) is 1. The zero-order valence-corrected chi connectivity index (χ0v) is 15.9. The molecule has 27 heavy (non-hydrogen) atoms. The van der Waals surface area contributed by atoms with Gasteiger partial charge in [0.1, 0.15) is 11.5 Å². The summed E-state index contributed by atoms with van der Waals surface area (Å²) in [4.78, 5) is 0. The molecule has 0 saturated heterocycles. The van der Waals surface area contributed by atoms with Crippen molar-refractivity contribution in [2.75, 3.05) is 0 Å². The number of ether oxygens (including phenoxy) is 2. The van der Waals surface area contributed by atoms with Crippen molar-refractivity contribution in [3.63, 3.8) is 0 Å². The molecule has 0 bridgehead atoms. The third kappa shape index (κ3) is 4.62. The first-order valence-electron chi connectivity index (χ1n) is 9.15. The van der Waals surface area contributed by atoms with Crippen LogP contribution < -0.4 is 15.2 Å². The van der Waals surface area contributed by atoms with Gasteiger partial charge in [-0.05, 0) is 60.7 Å². The molecule has 1 aliphatic carbocycles. The molecule has 4 rings (SSSR count). The lowest BCUT2D eigenvalue weighted by molar-refractivity contribution is 0.264. The van der Waals surface area contributed by atoms with E-state index in [1.807, 2.05) is 72.8 Å². The predicted molar refractivity (Wildman–Crippen MR) is 111 cm³/mol. The van der Waals surface area contributed by atoms with Crippen LogP contribution in [0.4, 0.5) is 0 Å². The summed E-state index contributed by atoms with van der Waals surface area (Å²) in [6.45, 7) is 0. The van der Waals surface area contributed by atoms with Gasteiger partial charge in [0.15, 0.2) is 11.5 Å². The first-order valence-corrected chi connectivity index (χ1v) is 9.15. The van der Waals surface area contributed by atoms with Crippen LogP contribution >= 0.6 is 12.4 Å². The number of benzene rings is 3. The molecular weight excluding hydrogens is 358 g/mol.